The van der Waals surface area contributed by atoms with Gasteiger partial charge in [-0.15, -0.1) is 4.28 Å². The summed E-state index contributed by atoms with van der Waals surface area (Å²) in [5, 5.41) is 9.34. The molecule has 0 spiro atoms. The Labute approximate surface area is 165 Å². The van der Waals surface area contributed by atoms with Crippen LogP contribution in [0, 0.1) is 0 Å². The minimum absolute atomic E-state index is 0.0490. The molecular weight excluding hydrogens is 410 g/mol. The Bertz CT molecular complexity index is 926. The van der Waals surface area contributed by atoms with Gasteiger partial charge in [0.15, 0.2) is 24.0 Å². The second kappa shape index (κ2) is 7.46. The van der Waals surface area contributed by atoms with Gasteiger partial charge in [0.05, 0.1) is 6.04 Å². The molecule has 2 saturated heterocycles. The van der Waals surface area contributed by atoms with Gasteiger partial charge in [-0.2, -0.15) is 18.0 Å². The van der Waals surface area contributed by atoms with Crippen molar-refractivity contribution < 1.29 is 41.3 Å². The summed E-state index contributed by atoms with van der Waals surface area (Å²) in [6, 6.07) is 2.92. The molecule has 3 atom stereocenters. The average Bonchev–Trinajstić information content (AvgIpc) is 2.91. The van der Waals surface area contributed by atoms with Crippen molar-refractivity contribution in [3.8, 4) is 0 Å². The lowest BCUT2D eigenvalue weighted by atomic mass is 9.79. The molecule has 13 nitrogen and oxygen atoms in total. The van der Waals surface area contributed by atoms with Crippen molar-refractivity contribution in [2.45, 2.75) is 37.4 Å². The third-order valence-electron chi connectivity index (χ3n) is 5.21. The van der Waals surface area contributed by atoms with Crippen LogP contribution in [0.3, 0.4) is 0 Å². The van der Waals surface area contributed by atoms with Gasteiger partial charge in [-0.1, -0.05) is 6.07 Å². The Kier molecular flexibility index (Phi) is 5.34. The second-order valence-electron chi connectivity index (χ2n) is 6.72. The molecule has 4 amide bonds. The predicted molar refractivity (Wildman–Crippen MR) is 93.0 cm³/mol. The van der Waals surface area contributed by atoms with Crippen molar-refractivity contribution >= 4 is 28.4 Å². The minimum Gasteiger partial charge on any atom is -0.464 e. The van der Waals surface area contributed by atoms with E-state index in [9.17, 15) is 22.8 Å². The number of hydroxylamine groups is 2. The van der Waals surface area contributed by atoms with E-state index in [1.165, 1.54) is 0 Å². The maximum atomic E-state index is 13.1. The summed E-state index contributed by atoms with van der Waals surface area (Å²) >= 11 is 0. The maximum absolute atomic E-state index is 13.1. The number of amides is 4. The number of hydrogen-bond acceptors (Lipinski definition) is 6. The Balaban J connectivity index is 2.01. The zero-order valence-electron chi connectivity index (χ0n) is 15.3. The van der Waals surface area contributed by atoms with Crippen LogP contribution in [-0.4, -0.2) is 64.2 Å². The summed E-state index contributed by atoms with van der Waals surface area (Å²) in [7, 11) is -4.95. The normalized spacial score (nSPS) is 24.9. The van der Waals surface area contributed by atoms with Crippen molar-refractivity contribution in [3.05, 3.63) is 30.6 Å². The first kappa shape index (κ1) is 20.8. The monoisotopic (exact) mass is 430 g/mol. The fraction of sp³-hybridized carbons (Fsp3) is 0.467. The summed E-state index contributed by atoms with van der Waals surface area (Å²) in [4.78, 5) is 37.9. The van der Waals surface area contributed by atoms with Gasteiger partial charge in [0, 0.05) is 25.6 Å². The lowest BCUT2D eigenvalue weighted by Gasteiger charge is -2.42. The first-order valence-electron chi connectivity index (χ1n) is 8.59. The number of urea groups is 1. The molecule has 2 aliphatic heterocycles. The Morgan fingerprint density at radius 1 is 1.31 bits per heavy atom. The molecule has 1 unspecified atom stereocenters. The summed E-state index contributed by atoms with van der Waals surface area (Å²) in [5.74, 6) is -0.788. The molecule has 0 aromatic carbocycles. The van der Waals surface area contributed by atoms with Gasteiger partial charge in [0.2, 0.25) is 0 Å². The van der Waals surface area contributed by atoms with Crippen LogP contribution in [0.1, 0.15) is 25.8 Å². The first-order valence-corrected chi connectivity index (χ1v) is 9.96. The summed E-state index contributed by atoms with van der Waals surface area (Å²) in [6.07, 6.45) is 2.14. The average molecular weight is 430 g/mol. The molecule has 2 bridgehead atoms. The van der Waals surface area contributed by atoms with Crippen molar-refractivity contribution in [2.24, 2.45) is 0 Å². The lowest BCUT2D eigenvalue weighted by Crippen LogP contribution is -2.70. The number of pyridine rings is 1. The SMILES string of the molecule is CC([n+]1ccccc1)[C@]1(C(=O)NNC(=O)O)CC[C@@H]2CN1C(=O)N2OS(=O)(=O)O. The third kappa shape index (κ3) is 3.81. The fourth-order valence-corrected chi connectivity index (χ4v) is 4.28. The Morgan fingerprint density at radius 2 is 1.97 bits per heavy atom. The zero-order valence-corrected chi connectivity index (χ0v) is 16.1. The smallest absolute Gasteiger partial charge is 0.423 e. The molecule has 0 saturated carbocycles. The van der Waals surface area contributed by atoms with Crippen LogP contribution in [0.25, 0.3) is 0 Å². The number of hydrazine groups is 1. The van der Waals surface area contributed by atoms with Crippen molar-refractivity contribution in [1.82, 2.24) is 20.8 Å². The topological polar surface area (TPSA) is 169 Å². The van der Waals surface area contributed by atoms with E-state index in [0.29, 0.717) is 5.06 Å². The van der Waals surface area contributed by atoms with Gasteiger partial charge in [-0.05, 0) is 12.8 Å². The lowest BCUT2D eigenvalue weighted by molar-refractivity contribution is -0.728. The number of fused-ring (bicyclic) bond motifs is 2. The van der Waals surface area contributed by atoms with Crippen molar-refractivity contribution in [1.29, 1.82) is 0 Å². The van der Waals surface area contributed by atoms with Crippen LogP contribution in [-0.2, 0) is 19.5 Å². The largest absolute Gasteiger partial charge is 0.464 e. The molecular formula is C15H20N5O8S+. The number of aromatic nitrogens is 1. The molecule has 0 radical (unpaired) electrons. The second-order valence-corrected chi connectivity index (χ2v) is 7.73. The van der Waals surface area contributed by atoms with E-state index in [4.69, 9.17) is 9.66 Å². The van der Waals surface area contributed by atoms with E-state index >= 15 is 0 Å². The van der Waals surface area contributed by atoms with Crippen LogP contribution in [0.5, 0.6) is 0 Å². The van der Waals surface area contributed by atoms with Crippen molar-refractivity contribution in [2.75, 3.05) is 6.54 Å². The first-order chi connectivity index (χ1) is 13.6. The highest BCUT2D eigenvalue weighted by Crippen LogP contribution is 2.42. The standard InChI is InChI=1S/C15H19N5O8S/c1-10(18-7-3-2-4-8-18)15(12(21)16-17-13(22)23)6-5-11-9-19(15)14(24)20(11)28-29(25,26)27/h2-4,7-8,10-11,17H,5-6,9H2,1H3,(H2-,16,21,22,23,25,26,27)/p+1/t10?,11-,15+/m1/s1. The predicted octanol–water partition coefficient (Wildman–Crippen LogP) is -0.793. The van der Waals surface area contributed by atoms with Gasteiger partial charge in [-0.3, -0.25) is 19.7 Å². The van der Waals surface area contributed by atoms with Gasteiger partial charge >= 0.3 is 22.5 Å². The van der Waals surface area contributed by atoms with E-state index in [2.05, 4.69) is 9.71 Å². The van der Waals surface area contributed by atoms with Crippen LogP contribution in [0.2, 0.25) is 0 Å². The molecule has 2 aliphatic rings. The van der Waals surface area contributed by atoms with Crippen LogP contribution >= 0.6 is 0 Å². The van der Waals surface area contributed by atoms with Crippen molar-refractivity contribution in [3.63, 3.8) is 0 Å². The van der Waals surface area contributed by atoms with E-state index in [0.717, 1.165) is 4.90 Å². The Morgan fingerprint density at radius 3 is 2.55 bits per heavy atom. The number of nitrogens with zero attached hydrogens (tertiary/aromatic N) is 3. The van der Waals surface area contributed by atoms with Gasteiger partial charge in [-0.25, -0.2) is 15.0 Å². The number of hydrogen-bond donors (Lipinski definition) is 4. The summed E-state index contributed by atoms with van der Waals surface area (Å²) in [5.41, 5.74) is 2.32. The summed E-state index contributed by atoms with van der Waals surface area (Å²) in [6.45, 7) is 1.63. The molecule has 158 valence electrons. The molecule has 1 aromatic heterocycles. The maximum Gasteiger partial charge on any atom is 0.423 e. The molecule has 3 heterocycles. The number of piperidine rings is 1. The van der Waals surface area contributed by atoms with Gasteiger partial charge in [0.25, 0.3) is 5.91 Å². The number of carbonyl (C=O) groups excluding carboxylic acids is 2. The molecule has 29 heavy (non-hydrogen) atoms. The molecule has 0 aliphatic carbocycles. The number of carbonyl (C=O) groups is 3. The highest BCUT2D eigenvalue weighted by atomic mass is 32.3. The zero-order chi connectivity index (χ0) is 21.4. The fourth-order valence-electron chi connectivity index (χ4n) is 3.89. The number of nitrogens with one attached hydrogen (secondary N) is 2. The molecule has 3 rings (SSSR count). The molecule has 2 fully saturated rings. The minimum atomic E-state index is -4.95. The molecule has 14 heteroatoms. The highest BCUT2D eigenvalue weighted by molar-refractivity contribution is 7.80. The highest BCUT2D eigenvalue weighted by Gasteiger charge is 2.63. The van der Waals surface area contributed by atoms with Crippen LogP contribution < -0.4 is 15.4 Å². The summed E-state index contributed by atoms with van der Waals surface area (Å²) < 4.78 is 37.3. The third-order valence-corrected chi connectivity index (χ3v) is 5.56. The quantitative estimate of drug-likeness (QED) is 0.267. The molecule has 1 aromatic rings. The van der Waals surface area contributed by atoms with E-state index in [-0.39, 0.29) is 19.4 Å². The Hall–Kier alpha value is -2.97. The van der Waals surface area contributed by atoms with Gasteiger partial charge in [0.1, 0.15) is 0 Å². The van der Waals surface area contributed by atoms with E-state index in [1.807, 2.05) is 0 Å². The van der Waals surface area contributed by atoms with E-state index < -0.39 is 46.1 Å². The molecule has 4 N–H and O–H groups in total. The van der Waals surface area contributed by atoms with Crippen LogP contribution in [0.15, 0.2) is 30.6 Å². The van der Waals surface area contributed by atoms with E-state index in [1.54, 1.807) is 47.5 Å². The number of carboxylic acid groups (broad SMARTS) is 1. The number of rotatable bonds is 5. The van der Waals surface area contributed by atoms with Crippen LogP contribution in [0.4, 0.5) is 9.59 Å². The van der Waals surface area contributed by atoms with Gasteiger partial charge < -0.3 is 5.11 Å².